The molecule has 1 aromatic carbocycles. The second-order valence-corrected chi connectivity index (χ2v) is 4.95. The van der Waals surface area contributed by atoms with Crippen LogP contribution in [-0.4, -0.2) is 54.5 Å². The molecule has 20 heavy (non-hydrogen) atoms. The number of likely N-dealkylation sites (N-methyl/N-ethyl adjacent to an activating group) is 1. The fourth-order valence-electron chi connectivity index (χ4n) is 2.32. The van der Waals surface area contributed by atoms with E-state index in [2.05, 4.69) is 11.8 Å². The number of halogens is 1. The van der Waals surface area contributed by atoms with E-state index < -0.39 is 11.9 Å². The van der Waals surface area contributed by atoms with Crippen LogP contribution >= 0.6 is 0 Å². The smallest absolute Gasteiger partial charge is 0.263 e. The van der Waals surface area contributed by atoms with Crippen LogP contribution in [0.1, 0.15) is 13.8 Å². The van der Waals surface area contributed by atoms with E-state index >= 15 is 0 Å². The third kappa shape index (κ3) is 3.48. The maximum Gasteiger partial charge on any atom is 0.263 e. The van der Waals surface area contributed by atoms with E-state index in [0.717, 1.165) is 19.6 Å². The van der Waals surface area contributed by atoms with Crippen molar-refractivity contribution < 1.29 is 13.9 Å². The Hall–Kier alpha value is -1.62. The molecule has 1 aliphatic heterocycles. The van der Waals surface area contributed by atoms with Crippen LogP contribution in [0.5, 0.6) is 5.75 Å². The van der Waals surface area contributed by atoms with Crippen molar-refractivity contribution in [1.82, 2.24) is 9.80 Å². The van der Waals surface area contributed by atoms with Crippen molar-refractivity contribution >= 4 is 5.91 Å². The van der Waals surface area contributed by atoms with Gasteiger partial charge >= 0.3 is 0 Å². The van der Waals surface area contributed by atoms with E-state index in [1.54, 1.807) is 24.0 Å². The van der Waals surface area contributed by atoms with Gasteiger partial charge < -0.3 is 14.5 Å². The first-order valence-corrected chi connectivity index (χ1v) is 7.04. The topological polar surface area (TPSA) is 32.8 Å². The monoisotopic (exact) mass is 280 g/mol. The summed E-state index contributed by atoms with van der Waals surface area (Å²) in [6, 6.07) is 6.15. The van der Waals surface area contributed by atoms with Gasteiger partial charge in [-0.15, -0.1) is 0 Å². The third-order valence-corrected chi connectivity index (χ3v) is 3.62. The van der Waals surface area contributed by atoms with Gasteiger partial charge in [-0.05, 0) is 25.6 Å². The normalized spacial score (nSPS) is 17.9. The number of ether oxygens (including phenoxy) is 1. The Balaban J connectivity index is 1.91. The van der Waals surface area contributed by atoms with Crippen molar-refractivity contribution in [3.8, 4) is 5.75 Å². The largest absolute Gasteiger partial charge is 0.478 e. The van der Waals surface area contributed by atoms with Gasteiger partial charge in [0.25, 0.3) is 5.91 Å². The van der Waals surface area contributed by atoms with Crippen LogP contribution in [0.3, 0.4) is 0 Å². The molecule has 0 N–H and O–H groups in total. The van der Waals surface area contributed by atoms with Crippen molar-refractivity contribution in [1.29, 1.82) is 0 Å². The second kappa shape index (κ2) is 6.70. The number of benzene rings is 1. The van der Waals surface area contributed by atoms with E-state index in [0.29, 0.717) is 13.1 Å². The van der Waals surface area contributed by atoms with Gasteiger partial charge in [0, 0.05) is 26.2 Å². The van der Waals surface area contributed by atoms with Gasteiger partial charge in [0.1, 0.15) is 0 Å². The Bertz CT molecular complexity index is 459. The zero-order valence-corrected chi connectivity index (χ0v) is 12.0. The molecule has 1 fully saturated rings. The van der Waals surface area contributed by atoms with Gasteiger partial charge in [0.15, 0.2) is 17.7 Å². The number of piperazine rings is 1. The molecule has 2 rings (SSSR count). The number of hydrogen-bond donors (Lipinski definition) is 0. The highest BCUT2D eigenvalue weighted by Crippen LogP contribution is 2.18. The molecule has 1 aromatic rings. The number of carbonyl (C=O) groups is 1. The number of para-hydroxylation sites is 1. The van der Waals surface area contributed by atoms with Crippen LogP contribution in [0.2, 0.25) is 0 Å². The maximum absolute atomic E-state index is 13.5. The van der Waals surface area contributed by atoms with Crippen molar-refractivity contribution in [2.24, 2.45) is 0 Å². The van der Waals surface area contributed by atoms with Gasteiger partial charge in [-0.25, -0.2) is 4.39 Å². The summed E-state index contributed by atoms with van der Waals surface area (Å²) in [5.74, 6) is -0.396. The van der Waals surface area contributed by atoms with Crippen LogP contribution < -0.4 is 4.74 Å². The molecule has 0 spiro atoms. The molecule has 1 saturated heterocycles. The van der Waals surface area contributed by atoms with E-state index in [1.807, 2.05) is 0 Å². The van der Waals surface area contributed by atoms with E-state index in [-0.39, 0.29) is 11.7 Å². The quantitative estimate of drug-likeness (QED) is 0.842. The molecule has 1 amide bonds. The number of amides is 1. The summed E-state index contributed by atoms with van der Waals surface area (Å²) in [6.07, 6.45) is -0.667. The number of carbonyl (C=O) groups excluding carboxylic acids is 1. The minimum absolute atomic E-state index is 0.0796. The van der Waals surface area contributed by atoms with Gasteiger partial charge in [-0.3, -0.25) is 4.79 Å². The van der Waals surface area contributed by atoms with E-state index in [9.17, 15) is 9.18 Å². The predicted octanol–water partition coefficient (Wildman–Crippen LogP) is 1.76. The lowest BCUT2D eigenvalue weighted by atomic mass is 10.2. The van der Waals surface area contributed by atoms with Gasteiger partial charge in [0.2, 0.25) is 0 Å². The molecule has 110 valence electrons. The Morgan fingerprint density at radius 2 is 1.95 bits per heavy atom. The molecular weight excluding hydrogens is 259 g/mol. The minimum Gasteiger partial charge on any atom is -0.478 e. The molecule has 0 radical (unpaired) electrons. The van der Waals surface area contributed by atoms with Crippen LogP contribution in [0.25, 0.3) is 0 Å². The van der Waals surface area contributed by atoms with Gasteiger partial charge in [0.05, 0.1) is 0 Å². The molecule has 0 saturated carbocycles. The lowest BCUT2D eigenvalue weighted by Gasteiger charge is -2.35. The molecule has 4 nitrogen and oxygen atoms in total. The highest BCUT2D eigenvalue weighted by molar-refractivity contribution is 5.81. The summed E-state index contributed by atoms with van der Waals surface area (Å²) in [6.45, 7) is 7.96. The summed E-state index contributed by atoms with van der Waals surface area (Å²) in [5.41, 5.74) is 0. The van der Waals surface area contributed by atoms with Crippen LogP contribution in [-0.2, 0) is 4.79 Å². The van der Waals surface area contributed by atoms with Crippen LogP contribution in [0, 0.1) is 5.82 Å². The summed E-state index contributed by atoms with van der Waals surface area (Å²) in [5, 5.41) is 0. The first-order chi connectivity index (χ1) is 9.61. The Morgan fingerprint density at radius 3 is 2.55 bits per heavy atom. The highest BCUT2D eigenvalue weighted by atomic mass is 19.1. The van der Waals surface area contributed by atoms with E-state index in [1.165, 1.54) is 12.1 Å². The minimum atomic E-state index is -0.667. The Morgan fingerprint density at radius 1 is 1.30 bits per heavy atom. The first kappa shape index (κ1) is 14.8. The van der Waals surface area contributed by atoms with Crippen molar-refractivity contribution in [2.75, 3.05) is 32.7 Å². The summed E-state index contributed by atoms with van der Waals surface area (Å²) in [7, 11) is 0. The SMILES string of the molecule is CCN1CCN(C(=O)C(C)Oc2ccccc2F)CC1. The lowest BCUT2D eigenvalue weighted by Crippen LogP contribution is -2.51. The number of nitrogens with zero attached hydrogens (tertiary/aromatic N) is 2. The fourth-order valence-corrected chi connectivity index (χ4v) is 2.32. The van der Waals surface area contributed by atoms with Gasteiger partial charge in [-0.2, -0.15) is 0 Å². The Kier molecular flexibility index (Phi) is 4.95. The average molecular weight is 280 g/mol. The molecule has 0 aliphatic carbocycles. The molecule has 1 aliphatic rings. The van der Waals surface area contributed by atoms with Gasteiger partial charge in [-0.1, -0.05) is 19.1 Å². The zero-order valence-electron chi connectivity index (χ0n) is 12.0. The van der Waals surface area contributed by atoms with Crippen molar-refractivity contribution in [3.63, 3.8) is 0 Å². The molecule has 1 atom stereocenters. The van der Waals surface area contributed by atoms with E-state index in [4.69, 9.17) is 4.74 Å². The second-order valence-electron chi connectivity index (χ2n) is 4.95. The summed E-state index contributed by atoms with van der Waals surface area (Å²) >= 11 is 0. The lowest BCUT2D eigenvalue weighted by molar-refractivity contribution is -0.139. The Labute approximate surface area is 119 Å². The maximum atomic E-state index is 13.5. The highest BCUT2D eigenvalue weighted by Gasteiger charge is 2.25. The molecule has 0 aromatic heterocycles. The summed E-state index contributed by atoms with van der Waals surface area (Å²) < 4.78 is 18.9. The fraction of sp³-hybridized carbons (Fsp3) is 0.533. The summed E-state index contributed by atoms with van der Waals surface area (Å²) in [4.78, 5) is 16.4. The van der Waals surface area contributed by atoms with Crippen molar-refractivity contribution in [2.45, 2.75) is 20.0 Å². The zero-order chi connectivity index (χ0) is 14.5. The molecule has 0 bridgehead atoms. The molecule has 5 heteroatoms. The first-order valence-electron chi connectivity index (χ1n) is 7.04. The number of hydrogen-bond acceptors (Lipinski definition) is 3. The molecular formula is C15H21FN2O2. The predicted molar refractivity (Wildman–Crippen MR) is 75.2 cm³/mol. The van der Waals surface area contributed by atoms with Crippen LogP contribution in [0.4, 0.5) is 4.39 Å². The number of rotatable bonds is 4. The average Bonchev–Trinajstić information content (AvgIpc) is 2.49. The standard InChI is InChI=1S/C15H21FN2O2/c1-3-17-8-10-18(11-9-17)15(19)12(2)20-14-7-5-4-6-13(14)16/h4-7,12H,3,8-11H2,1-2H3. The third-order valence-electron chi connectivity index (χ3n) is 3.62. The van der Waals surface area contributed by atoms with Crippen LogP contribution in [0.15, 0.2) is 24.3 Å². The molecule has 1 unspecified atom stereocenters. The van der Waals surface area contributed by atoms with Crippen molar-refractivity contribution in [3.05, 3.63) is 30.1 Å². The molecule has 1 heterocycles.